The van der Waals surface area contributed by atoms with Crippen LogP contribution >= 0.6 is 0 Å². The molecule has 10 atom stereocenters. The minimum absolute atomic E-state index is 0.0142. The maximum absolute atomic E-state index is 13.5. The van der Waals surface area contributed by atoms with Gasteiger partial charge in [0.2, 0.25) is 0 Å². The van der Waals surface area contributed by atoms with Crippen molar-refractivity contribution in [3.8, 4) is 0 Å². The Hall–Kier alpha value is -0.670. The fraction of sp³-hybridized carbons (Fsp3) is 0.903. The molecule has 34 heavy (non-hydrogen) atoms. The number of allylic oxidation sites excluding steroid dienone is 2. The summed E-state index contributed by atoms with van der Waals surface area (Å²) in [6.45, 7) is 19.0. The molecule has 5 aliphatic rings. The summed E-state index contributed by atoms with van der Waals surface area (Å²) in [5, 5.41) is 21.4. The van der Waals surface area contributed by atoms with E-state index in [0.717, 1.165) is 25.7 Å². The fourth-order valence-electron chi connectivity index (χ4n) is 10.7. The van der Waals surface area contributed by atoms with Crippen molar-refractivity contribution in [3.05, 3.63) is 11.6 Å². The minimum Gasteiger partial charge on any atom is -0.396 e. The van der Waals surface area contributed by atoms with Gasteiger partial charge >= 0.3 is 0 Å². The zero-order valence-corrected chi connectivity index (χ0v) is 23.1. The fourth-order valence-corrected chi connectivity index (χ4v) is 10.7. The summed E-state index contributed by atoms with van der Waals surface area (Å²) in [6, 6.07) is 0. The molecule has 192 valence electrons. The van der Waals surface area contributed by atoms with Crippen molar-refractivity contribution in [2.24, 2.45) is 56.2 Å². The molecule has 0 aromatic heterocycles. The van der Waals surface area contributed by atoms with Crippen molar-refractivity contribution in [1.29, 1.82) is 0 Å². The third-order valence-corrected chi connectivity index (χ3v) is 13.7. The quantitative estimate of drug-likeness (QED) is 0.426. The third kappa shape index (κ3) is 2.75. The van der Waals surface area contributed by atoms with Crippen LogP contribution in [0.4, 0.5) is 0 Å². The Bertz CT molecular complexity index is 920. The van der Waals surface area contributed by atoms with E-state index in [0.29, 0.717) is 24.4 Å². The van der Waals surface area contributed by atoms with Crippen molar-refractivity contribution in [2.75, 3.05) is 6.61 Å². The van der Waals surface area contributed by atoms with Gasteiger partial charge in [-0.15, -0.1) is 0 Å². The highest BCUT2D eigenvalue weighted by Gasteiger charge is 2.69. The molecular formula is C31H50O3. The third-order valence-electron chi connectivity index (χ3n) is 13.7. The van der Waals surface area contributed by atoms with Crippen LogP contribution in [-0.2, 0) is 4.79 Å². The van der Waals surface area contributed by atoms with Crippen LogP contribution in [0.15, 0.2) is 11.6 Å². The lowest BCUT2D eigenvalue weighted by Crippen LogP contribution is -2.66. The summed E-state index contributed by atoms with van der Waals surface area (Å²) in [6.07, 6.45) is 10.6. The van der Waals surface area contributed by atoms with Crippen LogP contribution in [0.1, 0.15) is 107 Å². The van der Waals surface area contributed by atoms with Crippen LogP contribution in [0.5, 0.6) is 0 Å². The van der Waals surface area contributed by atoms with Crippen LogP contribution in [0.2, 0.25) is 0 Å². The average Bonchev–Trinajstić information content (AvgIpc) is 2.77. The maximum Gasteiger partial charge on any atom is 0.168 e. The van der Waals surface area contributed by atoms with Crippen molar-refractivity contribution < 1.29 is 15.0 Å². The number of carbonyl (C=O) groups excluding carboxylic acids is 1. The van der Waals surface area contributed by atoms with E-state index in [1.807, 2.05) is 0 Å². The van der Waals surface area contributed by atoms with E-state index in [4.69, 9.17) is 0 Å². The normalized spacial score (nSPS) is 56.5. The number of ketones is 1. The lowest BCUT2D eigenvalue weighted by Gasteiger charge is -2.71. The van der Waals surface area contributed by atoms with Crippen LogP contribution in [0.25, 0.3) is 0 Å². The molecule has 0 aliphatic heterocycles. The lowest BCUT2D eigenvalue weighted by molar-refractivity contribution is -0.203. The first-order valence-electron chi connectivity index (χ1n) is 14.2. The second-order valence-electron chi connectivity index (χ2n) is 15.3. The number of aliphatic hydroxyl groups is 2. The number of aliphatic hydroxyl groups excluding tert-OH is 2. The molecule has 0 amide bonds. The number of hydrogen-bond donors (Lipinski definition) is 2. The van der Waals surface area contributed by atoms with Gasteiger partial charge < -0.3 is 10.2 Å². The zero-order chi connectivity index (χ0) is 25.1. The summed E-state index contributed by atoms with van der Waals surface area (Å²) < 4.78 is 0. The Balaban J connectivity index is 1.59. The number of fused-ring (bicyclic) bond motifs is 7. The number of hydrogen-bond acceptors (Lipinski definition) is 3. The van der Waals surface area contributed by atoms with Crippen molar-refractivity contribution in [2.45, 2.75) is 113 Å². The summed E-state index contributed by atoms with van der Waals surface area (Å²) in [5.74, 6) is 2.09. The highest BCUT2D eigenvalue weighted by molar-refractivity contribution is 5.91. The van der Waals surface area contributed by atoms with Gasteiger partial charge in [0.1, 0.15) is 6.10 Å². The van der Waals surface area contributed by atoms with Crippen LogP contribution in [0.3, 0.4) is 0 Å². The molecule has 4 fully saturated rings. The van der Waals surface area contributed by atoms with Crippen LogP contribution in [-0.4, -0.2) is 28.7 Å². The van der Waals surface area contributed by atoms with Gasteiger partial charge in [-0.3, -0.25) is 4.79 Å². The van der Waals surface area contributed by atoms with Gasteiger partial charge in [0.15, 0.2) is 5.78 Å². The van der Waals surface area contributed by atoms with E-state index in [1.54, 1.807) is 5.57 Å². The highest BCUT2D eigenvalue weighted by Crippen LogP contribution is 2.75. The average molecular weight is 471 g/mol. The van der Waals surface area contributed by atoms with Gasteiger partial charge in [-0.1, -0.05) is 67.0 Å². The predicted octanol–water partition coefficient (Wildman–Crippen LogP) is 6.57. The van der Waals surface area contributed by atoms with Gasteiger partial charge in [-0.2, -0.15) is 0 Å². The summed E-state index contributed by atoms with van der Waals surface area (Å²) >= 11 is 0. The molecule has 0 radical (unpaired) electrons. The molecule has 0 bridgehead atoms. The van der Waals surface area contributed by atoms with Crippen molar-refractivity contribution in [3.63, 3.8) is 0 Å². The standard InChI is InChI=1S/C31H50O3/c1-19-11-13-28(5)22(29(19,6)18-32)12-14-31(8)23(28)10-9-20-21-17-26(2,3)24(33)25(34)27(21,4)15-16-30(20,31)7/h9,19,21-24,32-33H,10-18H2,1-8H3/t19-,21-,22?,23?,24-,27+,28-,29-,30+,31+/m0/s1. The SMILES string of the molecule is C[C@H]1CC[C@@]2(C)C(CC[C@]3(C)C2CC=C2[C@@H]4CC(C)(C)[C@@H](O)C(=O)[C@]4(C)CC[C@]23C)[C@@]1(C)CO. The van der Waals surface area contributed by atoms with Gasteiger partial charge in [0.05, 0.1) is 0 Å². The van der Waals surface area contributed by atoms with E-state index in [-0.39, 0.29) is 38.8 Å². The predicted molar refractivity (Wildman–Crippen MR) is 137 cm³/mol. The Labute approximate surface area is 208 Å². The molecule has 0 spiro atoms. The largest absolute Gasteiger partial charge is 0.396 e. The summed E-state index contributed by atoms with van der Waals surface area (Å²) in [5.41, 5.74) is 1.32. The number of Topliss-reactive ketones (excluding diaryl/α,β-unsaturated/α-hetero) is 1. The first-order valence-corrected chi connectivity index (χ1v) is 14.2. The molecule has 0 aromatic rings. The monoisotopic (exact) mass is 470 g/mol. The van der Waals surface area contributed by atoms with E-state index in [2.05, 4.69) is 61.5 Å². The smallest absolute Gasteiger partial charge is 0.168 e. The maximum atomic E-state index is 13.5. The summed E-state index contributed by atoms with van der Waals surface area (Å²) in [4.78, 5) is 13.5. The van der Waals surface area contributed by atoms with Gasteiger partial charge in [-0.05, 0) is 102 Å². The van der Waals surface area contributed by atoms with E-state index in [9.17, 15) is 15.0 Å². The van der Waals surface area contributed by atoms with Crippen LogP contribution in [0, 0.1) is 56.2 Å². The molecular weight excluding hydrogens is 420 g/mol. The molecule has 5 aliphatic carbocycles. The molecule has 2 N–H and O–H groups in total. The molecule has 2 unspecified atom stereocenters. The Kier molecular flexibility index (Phi) is 5.30. The van der Waals surface area contributed by atoms with E-state index in [1.165, 1.54) is 25.7 Å². The van der Waals surface area contributed by atoms with E-state index >= 15 is 0 Å². The molecule has 5 rings (SSSR count). The topological polar surface area (TPSA) is 57.5 Å². The van der Waals surface area contributed by atoms with Crippen LogP contribution < -0.4 is 0 Å². The summed E-state index contributed by atoms with van der Waals surface area (Å²) in [7, 11) is 0. The minimum atomic E-state index is -0.847. The van der Waals surface area contributed by atoms with Gasteiger partial charge in [-0.25, -0.2) is 0 Å². The molecule has 3 heteroatoms. The first kappa shape index (κ1) is 25.0. The van der Waals surface area contributed by atoms with Crippen molar-refractivity contribution >= 4 is 5.78 Å². The second kappa shape index (κ2) is 7.21. The van der Waals surface area contributed by atoms with Gasteiger partial charge in [0.25, 0.3) is 0 Å². The number of carbonyl (C=O) groups is 1. The Morgan fingerprint density at radius 1 is 0.941 bits per heavy atom. The second-order valence-corrected chi connectivity index (χ2v) is 15.3. The molecule has 0 heterocycles. The first-order chi connectivity index (χ1) is 15.6. The lowest BCUT2D eigenvalue weighted by atomic mass is 9.33. The van der Waals surface area contributed by atoms with Gasteiger partial charge in [0, 0.05) is 12.0 Å². The molecule has 0 saturated heterocycles. The van der Waals surface area contributed by atoms with E-state index < -0.39 is 11.5 Å². The highest BCUT2D eigenvalue weighted by atomic mass is 16.3. The Morgan fingerprint density at radius 2 is 1.62 bits per heavy atom. The zero-order valence-electron chi connectivity index (χ0n) is 23.1. The Morgan fingerprint density at radius 3 is 2.26 bits per heavy atom. The molecule has 0 aromatic carbocycles. The molecule has 3 nitrogen and oxygen atoms in total. The van der Waals surface area contributed by atoms with Crippen molar-refractivity contribution in [1.82, 2.24) is 0 Å². The molecule has 4 saturated carbocycles. The number of rotatable bonds is 1.